The largest absolute Gasteiger partial charge is 0.465 e. The molecule has 0 saturated carbocycles. The summed E-state index contributed by atoms with van der Waals surface area (Å²) >= 11 is 0. The molecule has 0 amide bonds. The first-order chi connectivity index (χ1) is 14.4. The highest BCUT2D eigenvalue weighted by Gasteiger charge is 2.30. The number of nitrogens with zero attached hydrogens (tertiary/aromatic N) is 2. The molecule has 1 aliphatic heterocycles. The Labute approximate surface area is 177 Å². The molecule has 1 aromatic heterocycles. The zero-order chi connectivity index (χ0) is 21.3. The average molecular weight is 427 g/mol. The monoisotopic (exact) mass is 426 g/mol. The molecule has 0 atom stereocenters. The normalized spacial score (nSPS) is 15.0. The Balaban J connectivity index is 1.81. The molecule has 0 N–H and O–H groups in total. The van der Waals surface area contributed by atoms with Crippen LogP contribution in [0.4, 0.5) is 0 Å². The van der Waals surface area contributed by atoms with E-state index < -0.39 is 10.0 Å². The minimum Gasteiger partial charge on any atom is -0.465 e. The highest BCUT2D eigenvalue weighted by molar-refractivity contribution is 7.89. The van der Waals surface area contributed by atoms with Crippen LogP contribution < -0.4 is 0 Å². The van der Waals surface area contributed by atoms with E-state index in [1.807, 2.05) is 29.7 Å². The van der Waals surface area contributed by atoms with Gasteiger partial charge < -0.3 is 9.30 Å². The third-order valence-corrected chi connectivity index (χ3v) is 7.43. The predicted octanol–water partition coefficient (Wildman–Crippen LogP) is 3.65. The van der Waals surface area contributed by atoms with E-state index in [-0.39, 0.29) is 12.5 Å². The van der Waals surface area contributed by atoms with Crippen molar-refractivity contribution in [3.8, 4) is 0 Å². The summed E-state index contributed by atoms with van der Waals surface area (Å²) in [5, 5.41) is 1.00. The number of hydrogen-bond acceptors (Lipinski definition) is 4. The number of fused-ring (bicyclic) bond motifs is 3. The van der Waals surface area contributed by atoms with Gasteiger partial charge in [-0.25, -0.2) is 8.42 Å². The van der Waals surface area contributed by atoms with Crippen LogP contribution >= 0.6 is 0 Å². The number of hydrogen-bond donors (Lipinski definition) is 0. The van der Waals surface area contributed by atoms with Gasteiger partial charge in [0, 0.05) is 29.7 Å². The SMILES string of the molecule is CCOC(=O)Cn1c2c(c3cc(C)ccc31)CN(S(=O)(=O)c1ccccc1)CCC2. The van der Waals surface area contributed by atoms with Crippen molar-refractivity contribution in [1.82, 2.24) is 8.87 Å². The standard InChI is InChI=1S/C23H26N2O4S/c1-3-29-23(26)16-25-21-10-7-13-24(30(27,28)18-8-5-4-6-9-18)15-20(21)19-14-17(2)11-12-22(19)25/h4-6,8-9,11-12,14H,3,7,10,13,15-16H2,1-2H3. The Morgan fingerprint density at radius 2 is 1.90 bits per heavy atom. The zero-order valence-electron chi connectivity index (χ0n) is 17.3. The summed E-state index contributed by atoms with van der Waals surface area (Å²) in [4.78, 5) is 12.6. The lowest BCUT2D eigenvalue weighted by Gasteiger charge is -2.20. The van der Waals surface area contributed by atoms with Crippen LogP contribution in [0.3, 0.4) is 0 Å². The van der Waals surface area contributed by atoms with Crippen molar-refractivity contribution in [3.63, 3.8) is 0 Å². The van der Waals surface area contributed by atoms with Gasteiger partial charge in [0.2, 0.25) is 10.0 Å². The van der Waals surface area contributed by atoms with Crippen LogP contribution in [0, 0.1) is 6.92 Å². The van der Waals surface area contributed by atoms with E-state index in [0.29, 0.717) is 37.4 Å². The Morgan fingerprint density at radius 1 is 1.13 bits per heavy atom. The molecule has 6 nitrogen and oxygen atoms in total. The van der Waals surface area contributed by atoms with E-state index in [1.54, 1.807) is 35.5 Å². The van der Waals surface area contributed by atoms with Crippen LogP contribution in [0.1, 0.15) is 30.2 Å². The van der Waals surface area contributed by atoms with Crippen LogP contribution in [-0.2, 0) is 39.1 Å². The summed E-state index contributed by atoms with van der Waals surface area (Å²) in [6.45, 7) is 5.02. The third kappa shape index (κ3) is 3.75. The van der Waals surface area contributed by atoms with E-state index in [9.17, 15) is 13.2 Å². The molecule has 0 aliphatic carbocycles. The van der Waals surface area contributed by atoms with E-state index in [4.69, 9.17) is 4.74 Å². The Bertz CT molecular complexity index is 1180. The van der Waals surface area contributed by atoms with E-state index in [0.717, 1.165) is 27.7 Å². The fourth-order valence-corrected chi connectivity index (χ4v) is 5.66. The Kier molecular flexibility index (Phi) is 5.66. The van der Waals surface area contributed by atoms with Gasteiger partial charge in [-0.2, -0.15) is 4.31 Å². The third-order valence-electron chi connectivity index (χ3n) is 5.57. The number of rotatable bonds is 5. The quantitative estimate of drug-likeness (QED) is 0.584. The van der Waals surface area contributed by atoms with Gasteiger partial charge in [0.15, 0.2) is 0 Å². The number of aryl methyl sites for hydroxylation is 1. The molecule has 2 heterocycles. The van der Waals surface area contributed by atoms with E-state index >= 15 is 0 Å². The average Bonchev–Trinajstić information content (AvgIpc) is 2.88. The smallest absolute Gasteiger partial charge is 0.325 e. The van der Waals surface area contributed by atoms with Gasteiger partial charge in [-0.1, -0.05) is 29.8 Å². The molecule has 158 valence electrons. The zero-order valence-corrected chi connectivity index (χ0v) is 18.1. The number of benzene rings is 2. The van der Waals surface area contributed by atoms with Gasteiger partial charge in [-0.15, -0.1) is 0 Å². The second kappa shape index (κ2) is 8.24. The lowest BCUT2D eigenvalue weighted by atomic mass is 10.1. The summed E-state index contributed by atoms with van der Waals surface area (Å²) in [6, 6.07) is 14.7. The van der Waals surface area contributed by atoms with Crippen molar-refractivity contribution in [1.29, 1.82) is 0 Å². The maximum Gasteiger partial charge on any atom is 0.325 e. The lowest BCUT2D eigenvalue weighted by Crippen LogP contribution is -2.30. The van der Waals surface area contributed by atoms with Crippen LogP contribution in [0.25, 0.3) is 10.9 Å². The number of sulfonamides is 1. The topological polar surface area (TPSA) is 68.6 Å². The van der Waals surface area contributed by atoms with Crippen molar-refractivity contribution < 1.29 is 17.9 Å². The molecule has 4 rings (SSSR count). The summed E-state index contributed by atoms with van der Waals surface area (Å²) < 4.78 is 35.3. The van der Waals surface area contributed by atoms with Gasteiger partial charge in [-0.3, -0.25) is 4.79 Å². The summed E-state index contributed by atoms with van der Waals surface area (Å²) in [7, 11) is -3.60. The first-order valence-corrected chi connectivity index (χ1v) is 11.7. The minimum atomic E-state index is -3.60. The van der Waals surface area contributed by atoms with Gasteiger partial charge in [-0.05, 0) is 56.5 Å². The first-order valence-electron chi connectivity index (χ1n) is 10.2. The van der Waals surface area contributed by atoms with E-state index in [1.165, 1.54) is 0 Å². The molecule has 30 heavy (non-hydrogen) atoms. The molecule has 0 spiro atoms. The van der Waals surface area contributed by atoms with Gasteiger partial charge in [0.05, 0.1) is 11.5 Å². The van der Waals surface area contributed by atoms with Gasteiger partial charge in [0.25, 0.3) is 0 Å². The molecule has 1 aliphatic rings. The van der Waals surface area contributed by atoms with Gasteiger partial charge in [0.1, 0.15) is 6.54 Å². The molecule has 0 saturated heterocycles. The van der Waals surface area contributed by atoms with Crippen molar-refractivity contribution in [2.45, 2.75) is 44.7 Å². The maximum absolute atomic E-state index is 13.3. The predicted molar refractivity (Wildman–Crippen MR) is 116 cm³/mol. The minimum absolute atomic E-state index is 0.133. The molecule has 3 aromatic rings. The van der Waals surface area contributed by atoms with Crippen LogP contribution in [0.15, 0.2) is 53.4 Å². The first kappa shape index (κ1) is 20.6. The summed E-state index contributed by atoms with van der Waals surface area (Å²) in [6.07, 6.45) is 1.40. The molecule has 0 bridgehead atoms. The summed E-state index contributed by atoms with van der Waals surface area (Å²) in [5.41, 5.74) is 4.04. The van der Waals surface area contributed by atoms with Crippen LogP contribution in [0.5, 0.6) is 0 Å². The van der Waals surface area contributed by atoms with Crippen LogP contribution in [-0.4, -0.2) is 36.4 Å². The van der Waals surface area contributed by atoms with Gasteiger partial charge >= 0.3 is 5.97 Å². The molecule has 0 fully saturated rings. The Morgan fingerprint density at radius 3 is 2.63 bits per heavy atom. The number of ether oxygens (including phenoxy) is 1. The maximum atomic E-state index is 13.3. The number of esters is 1. The van der Waals surface area contributed by atoms with Crippen molar-refractivity contribution in [3.05, 3.63) is 65.4 Å². The molecular weight excluding hydrogens is 400 g/mol. The highest BCUT2D eigenvalue weighted by Crippen LogP contribution is 2.33. The lowest BCUT2D eigenvalue weighted by molar-refractivity contribution is -0.143. The molecule has 7 heteroatoms. The van der Waals surface area contributed by atoms with E-state index in [2.05, 4.69) is 6.07 Å². The number of carbonyl (C=O) groups excluding carboxylic acids is 1. The number of carbonyl (C=O) groups is 1. The second-order valence-corrected chi connectivity index (χ2v) is 9.53. The highest BCUT2D eigenvalue weighted by atomic mass is 32.2. The molecule has 0 radical (unpaired) electrons. The molecule has 0 unspecified atom stereocenters. The van der Waals surface area contributed by atoms with Crippen molar-refractivity contribution in [2.24, 2.45) is 0 Å². The number of aromatic nitrogens is 1. The second-order valence-electron chi connectivity index (χ2n) is 7.59. The fourth-order valence-electron chi connectivity index (χ4n) is 4.19. The molecular formula is C23H26N2O4S. The fraction of sp³-hybridized carbons (Fsp3) is 0.348. The van der Waals surface area contributed by atoms with Crippen molar-refractivity contribution >= 4 is 26.9 Å². The van der Waals surface area contributed by atoms with Crippen LogP contribution in [0.2, 0.25) is 0 Å². The molecule has 2 aromatic carbocycles. The summed E-state index contributed by atoms with van der Waals surface area (Å²) in [5.74, 6) is -0.282. The van der Waals surface area contributed by atoms with Crippen molar-refractivity contribution in [2.75, 3.05) is 13.2 Å². The Hall–Kier alpha value is -2.64.